The van der Waals surface area contributed by atoms with E-state index in [1.807, 2.05) is 37.3 Å². The second kappa shape index (κ2) is 9.75. The smallest absolute Gasteiger partial charge is 0.342 e. The lowest BCUT2D eigenvalue weighted by Gasteiger charge is -2.12. The van der Waals surface area contributed by atoms with E-state index in [1.54, 1.807) is 42.5 Å². The zero-order valence-electron chi connectivity index (χ0n) is 15.9. The quantitative estimate of drug-likeness (QED) is 0.556. The molecule has 0 aliphatic rings. The van der Waals surface area contributed by atoms with Crippen LogP contribution in [0, 0.1) is 6.92 Å². The van der Waals surface area contributed by atoms with Crippen LogP contribution in [-0.2, 0) is 16.1 Å². The second-order valence-electron chi connectivity index (χ2n) is 6.41. The van der Waals surface area contributed by atoms with Gasteiger partial charge < -0.3 is 14.8 Å². The van der Waals surface area contributed by atoms with Crippen LogP contribution in [0.3, 0.4) is 0 Å². The van der Waals surface area contributed by atoms with Crippen molar-refractivity contribution >= 4 is 29.2 Å². The first-order chi connectivity index (χ1) is 14.0. The number of carbonyl (C=O) groups excluding carboxylic acids is 2. The molecule has 0 spiro atoms. The van der Waals surface area contributed by atoms with Gasteiger partial charge in [0, 0.05) is 10.7 Å². The maximum Gasteiger partial charge on any atom is 0.342 e. The van der Waals surface area contributed by atoms with Crippen LogP contribution in [0.25, 0.3) is 0 Å². The minimum atomic E-state index is -0.629. The van der Waals surface area contributed by atoms with Gasteiger partial charge in [0.25, 0.3) is 5.91 Å². The number of ether oxygens (including phenoxy) is 2. The Bertz CT molecular complexity index is 1000. The van der Waals surface area contributed by atoms with E-state index in [1.165, 1.54) is 0 Å². The Morgan fingerprint density at radius 3 is 2.48 bits per heavy atom. The summed E-state index contributed by atoms with van der Waals surface area (Å²) in [5, 5.41) is 3.34. The Kier molecular flexibility index (Phi) is 6.87. The van der Waals surface area contributed by atoms with Crippen molar-refractivity contribution in [3.63, 3.8) is 0 Å². The number of hydrogen-bond donors (Lipinski definition) is 1. The molecule has 0 unspecified atom stereocenters. The fourth-order valence-corrected chi connectivity index (χ4v) is 2.76. The van der Waals surface area contributed by atoms with Crippen molar-refractivity contribution in [3.8, 4) is 5.75 Å². The SMILES string of the molecule is Cc1cccc(NC(=O)COC(=O)c2ccccc2OCc2ccc(Cl)cc2)c1. The van der Waals surface area contributed by atoms with Crippen LogP contribution in [0.4, 0.5) is 5.69 Å². The predicted octanol–water partition coefficient (Wildman–Crippen LogP) is 5.02. The molecule has 29 heavy (non-hydrogen) atoms. The van der Waals surface area contributed by atoms with Gasteiger partial charge in [-0.2, -0.15) is 0 Å². The number of nitrogens with one attached hydrogen (secondary N) is 1. The summed E-state index contributed by atoms with van der Waals surface area (Å²) in [5.41, 5.74) is 2.84. The van der Waals surface area contributed by atoms with Crippen molar-refractivity contribution in [1.82, 2.24) is 0 Å². The molecule has 6 heteroatoms. The molecule has 0 saturated heterocycles. The largest absolute Gasteiger partial charge is 0.488 e. The number of esters is 1. The van der Waals surface area contributed by atoms with Crippen LogP contribution in [-0.4, -0.2) is 18.5 Å². The summed E-state index contributed by atoms with van der Waals surface area (Å²) in [5.74, 6) is -0.661. The highest BCUT2D eigenvalue weighted by Crippen LogP contribution is 2.21. The molecule has 0 atom stereocenters. The van der Waals surface area contributed by atoms with Gasteiger partial charge in [0.2, 0.25) is 0 Å². The molecule has 3 rings (SSSR count). The third kappa shape index (κ3) is 6.09. The highest BCUT2D eigenvalue weighted by atomic mass is 35.5. The highest BCUT2D eigenvalue weighted by Gasteiger charge is 2.15. The van der Waals surface area contributed by atoms with Gasteiger partial charge in [-0.05, 0) is 54.4 Å². The number of rotatable bonds is 7. The number of halogens is 1. The van der Waals surface area contributed by atoms with E-state index in [2.05, 4.69) is 5.32 Å². The first-order valence-electron chi connectivity index (χ1n) is 9.01. The topological polar surface area (TPSA) is 64.6 Å². The first-order valence-corrected chi connectivity index (χ1v) is 9.39. The van der Waals surface area contributed by atoms with E-state index >= 15 is 0 Å². The normalized spacial score (nSPS) is 10.3. The molecule has 0 fully saturated rings. The summed E-state index contributed by atoms with van der Waals surface area (Å²) >= 11 is 5.88. The summed E-state index contributed by atoms with van der Waals surface area (Å²) < 4.78 is 10.9. The Morgan fingerprint density at radius 2 is 1.72 bits per heavy atom. The van der Waals surface area contributed by atoms with E-state index in [-0.39, 0.29) is 12.2 Å². The fraction of sp³-hybridized carbons (Fsp3) is 0.130. The molecule has 5 nitrogen and oxygen atoms in total. The standard InChI is InChI=1S/C23H20ClNO4/c1-16-5-4-6-19(13-16)25-22(26)15-29-23(27)20-7-2-3-8-21(20)28-14-17-9-11-18(24)12-10-17/h2-13H,14-15H2,1H3,(H,25,26). The lowest BCUT2D eigenvalue weighted by Crippen LogP contribution is -2.21. The number of aryl methyl sites for hydroxylation is 1. The molecular formula is C23H20ClNO4. The molecule has 0 aromatic heterocycles. The summed E-state index contributed by atoms with van der Waals surface area (Å²) in [6, 6.07) is 21.3. The van der Waals surface area contributed by atoms with Crippen LogP contribution in [0.5, 0.6) is 5.75 Å². The van der Waals surface area contributed by atoms with E-state index in [0.29, 0.717) is 16.5 Å². The Morgan fingerprint density at radius 1 is 0.966 bits per heavy atom. The van der Waals surface area contributed by atoms with Crippen molar-refractivity contribution < 1.29 is 19.1 Å². The van der Waals surface area contributed by atoms with Crippen molar-refractivity contribution in [2.75, 3.05) is 11.9 Å². The fourth-order valence-electron chi connectivity index (χ4n) is 2.63. The molecule has 0 heterocycles. The van der Waals surface area contributed by atoms with Gasteiger partial charge in [-0.1, -0.05) is 48.0 Å². The van der Waals surface area contributed by atoms with Gasteiger partial charge in [0.05, 0.1) is 0 Å². The average Bonchev–Trinajstić information content (AvgIpc) is 2.72. The third-order valence-electron chi connectivity index (χ3n) is 4.05. The van der Waals surface area contributed by atoms with E-state index in [0.717, 1.165) is 11.1 Å². The zero-order valence-corrected chi connectivity index (χ0v) is 16.6. The van der Waals surface area contributed by atoms with Gasteiger partial charge in [-0.3, -0.25) is 4.79 Å². The monoisotopic (exact) mass is 409 g/mol. The van der Waals surface area contributed by atoms with Crippen LogP contribution in [0.15, 0.2) is 72.8 Å². The lowest BCUT2D eigenvalue weighted by molar-refractivity contribution is -0.119. The first kappa shape index (κ1) is 20.4. The molecule has 148 valence electrons. The van der Waals surface area contributed by atoms with Gasteiger partial charge in [-0.15, -0.1) is 0 Å². The Hall–Kier alpha value is -3.31. The minimum Gasteiger partial charge on any atom is -0.488 e. The van der Waals surface area contributed by atoms with Crippen LogP contribution < -0.4 is 10.1 Å². The Labute approximate surface area is 174 Å². The van der Waals surface area contributed by atoms with Crippen molar-refractivity contribution in [2.24, 2.45) is 0 Å². The van der Waals surface area contributed by atoms with Crippen LogP contribution >= 0.6 is 11.6 Å². The molecule has 0 aliphatic heterocycles. The number of carbonyl (C=O) groups is 2. The molecule has 1 amide bonds. The number of para-hydroxylation sites is 1. The van der Waals surface area contributed by atoms with Crippen molar-refractivity contribution in [3.05, 3.63) is 94.5 Å². The number of benzene rings is 3. The van der Waals surface area contributed by atoms with E-state index in [9.17, 15) is 9.59 Å². The summed E-state index contributed by atoms with van der Waals surface area (Å²) in [6.07, 6.45) is 0. The molecule has 3 aromatic rings. The van der Waals surface area contributed by atoms with Gasteiger partial charge in [-0.25, -0.2) is 4.79 Å². The molecule has 0 bridgehead atoms. The van der Waals surface area contributed by atoms with Crippen molar-refractivity contribution in [1.29, 1.82) is 0 Å². The molecule has 3 aromatic carbocycles. The van der Waals surface area contributed by atoms with Gasteiger partial charge >= 0.3 is 5.97 Å². The zero-order chi connectivity index (χ0) is 20.6. The summed E-state index contributed by atoms with van der Waals surface area (Å²) in [7, 11) is 0. The van der Waals surface area contributed by atoms with E-state index < -0.39 is 18.5 Å². The average molecular weight is 410 g/mol. The number of amides is 1. The van der Waals surface area contributed by atoms with E-state index in [4.69, 9.17) is 21.1 Å². The Balaban J connectivity index is 1.57. The summed E-state index contributed by atoms with van der Waals surface area (Å²) in [4.78, 5) is 24.5. The molecule has 0 aliphatic carbocycles. The summed E-state index contributed by atoms with van der Waals surface area (Å²) in [6.45, 7) is 1.81. The van der Waals surface area contributed by atoms with Gasteiger partial charge in [0.1, 0.15) is 17.9 Å². The number of hydrogen-bond acceptors (Lipinski definition) is 4. The maximum atomic E-state index is 12.4. The predicted molar refractivity (Wildman–Crippen MR) is 112 cm³/mol. The molecule has 0 saturated carbocycles. The molecular weight excluding hydrogens is 390 g/mol. The minimum absolute atomic E-state index is 0.254. The van der Waals surface area contributed by atoms with Gasteiger partial charge in [0.15, 0.2) is 6.61 Å². The van der Waals surface area contributed by atoms with Crippen molar-refractivity contribution in [2.45, 2.75) is 13.5 Å². The maximum absolute atomic E-state index is 12.4. The third-order valence-corrected chi connectivity index (χ3v) is 4.30. The second-order valence-corrected chi connectivity index (χ2v) is 6.84. The number of anilines is 1. The molecule has 0 radical (unpaired) electrons. The van der Waals surface area contributed by atoms with Crippen LogP contribution in [0.1, 0.15) is 21.5 Å². The molecule has 1 N–H and O–H groups in total. The highest BCUT2D eigenvalue weighted by molar-refractivity contribution is 6.30. The lowest BCUT2D eigenvalue weighted by atomic mass is 10.2. The van der Waals surface area contributed by atoms with Crippen LogP contribution in [0.2, 0.25) is 5.02 Å².